The average molecular weight is 332 g/mol. The second kappa shape index (κ2) is 5.31. The van der Waals surface area contributed by atoms with Gasteiger partial charge >= 0.3 is 0 Å². The lowest BCUT2D eigenvalue weighted by Crippen LogP contribution is -2.50. The van der Waals surface area contributed by atoms with Crippen LogP contribution in [0.15, 0.2) is 11.6 Å². The Balaban J connectivity index is 1.43. The molecule has 4 fully saturated rings. The van der Waals surface area contributed by atoms with Crippen LogP contribution < -0.4 is 0 Å². The Morgan fingerprint density at radius 3 is 2.88 bits per heavy atom. The number of rotatable bonds is 3. The van der Waals surface area contributed by atoms with Gasteiger partial charge in [0.2, 0.25) is 0 Å². The zero-order valence-electron chi connectivity index (χ0n) is 15.2. The van der Waals surface area contributed by atoms with Crippen LogP contribution in [0.3, 0.4) is 0 Å². The van der Waals surface area contributed by atoms with Crippen molar-refractivity contribution in [2.75, 3.05) is 13.7 Å². The van der Waals surface area contributed by atoms with Crippen LogP contribution in [-0.2, 0) is 9.47 Å². The van der Waals surface area contributed by atoms with E-state index < -0.39 is 5.60 Å². The van der Waals surface area contributed by atoms with E-state index in [0.717, 1.165) is 37.0 Å². The van der Waals surface area contributed by atoms with Gasteiger partial charge in [0.1, 0.15) is 0 Å². The van der Waals surface area contributed by atoms with E-state index in [1.54, 1.807) is 12.7 Å². The molecule has 24 heavy (non-hydrogen) atoms. The van der Waals surface area contributed by atoms with Crippen LogP contribution >= 0.6 is 0 Å². The SMILES string of the molecule is COCC[C@@]1(O)CC[C@H]2[C@@H]3CCC4CC5OC5C[C@H]4C3=CC[C@@]21C. The minimum atomic E-state index is -0.538. The summed E-state index contributed by atoms with van der Waals surface area (Å²) in [6.45, 7) is 3.03. The van der Waals surface area contributed by atoms with Crippen molar-refractivity contribution in [3.8, 4) is 0 Å². The maximum Gasteiger partial charge on any atom is 0.0847 e. The normalized spacial score (nSPS) is 55.0. The third-order valence-corrected chi connectivity index (χ3v) is 8.70. The van der Waals surface area contributed by atoms with Gasteiger partial charge in [-0.1, -0.05) is 18.6 Å². The predicted octanol–water partition coefficient (Wildman–Crippen LogP) is 3.70. The van der Waals surface area contributed by atoms with E-state index in [-0.39, 0.29) is 5.41 Å². The molecule has 0 radical (unpaired) electrons. The molecule has 5 aliphatic rings. The van der Waals surface area contributed by atoms with Gasteiger partial charge in [0, 0.05) is 25.6 Å². The molecule has 3 unspecified atom stereocenters. The lowest BCUT2D eigenvalue weighted by atomic mass is 9.53. The second-order valence-electron chi connectivity index (χ2n) is 9.48. The van der Waals surface area contributed by atoms with Gasteiger partial charge < -0.3 is 14.6 Å². The zero-order valence-corrected chi connectivity index (χ0v) is 15.2. The van der Waals surface area contributed by atoms with Gasteiger partial charge in [-0.3, -0.25) is 0 Å². The number of hydrogen-bond donors (Lipinski definition) is 1. The molecule has 0 aromatic carbocycles. The molecular formula is C21H32O3. The van der Waals surface area contributed by atoms with Crippen LogP contribution in [0.1, 0.15) is 58.3 Å². The van der Waals surface area contributed by atoms with E-state index in [9.17, 15) is 5.11 Å². The van der Waals surface area contributed by atoms with Crippen molar-refractivity contribution in [3.63, 3.8) is 0 Å². The Bertz CT molecular complexity index is 557. The Kier molecular flexibility index (Phi) is 3.51. The van der Waals surface area contributed by atoms with Crippen LogP contribution in [0.25, 0.3) is 0 Å². The number of epoxide rings is 1. The van der Waals surface area contributed by atoms with Crippen LogP contribution in [-0.4, -0.2) is 36.6 Å². The fourth-order valence-corrected chi connectivity index (χ4v) is 7.14. The second-order valence-corrected chi connectivity index (χ2v) is 9.48. The van der Waals surface area contributed by atoms with Crippen LogP contribution in [0.5, 0.6) is 0 Å². The number of hydrogen-bond acceptors (Lipinski definition) is 3. The molecule has 0 bridgehead atoms. The number of allylic oxidation sites excluding steroid dienone is 2. The van der Waals surface area contributed by atoms with Crippen molar-refractivity contribution in [1.29, 1.82) is 0 Å². The molecule has 0 aromatic heterocycles. The molecule has 0 spiro atoms. The average Bonchev–Trinajstić information content (AvgIpc) is 3.29. The molecule has 3 nitrogen and oxygen atoms in total. The summed E-state index contributed by atoms with van der Waals surface area (Å²) in [6.07, 6.45) is 13.0. The minimum absolute atomic E-state index is 0.0415. The van der Waals surface area contributed by atoms with Gasteiger partial charge in [0.25, 0.3) is 0 Å². The van der Waals surface area contributed by atoms with Crippen LogP contribution in [0.2, 0.25) is 0 Å². The molecule has 1 heterocycles. The van der Waals surface area contributed by atoms with E-state index in [0.29, 0.717) is 24.7 Å². The highest BCUT2D eigenvalue weighted by atomic mass is 16.6. The van der Waals surface area contributed by atoms with Crippen molar-refractivity contribution in [2.45, 2.75) is 76.1 Å². The van der Waals surface area contributed by atoms with E-state index in [4.69, 9.17) is 9.47 Å². The number of ether oxygens (including phenoxy) is 2. The van der Waals surface area contributed by atoms with Gasteiger partial charge in [-0.15, -0.1) is 0 Å². The van der Waals surface area contributed by atoms with Crippen LogP contribution in [0.4, 0.5) is 0 Å². The van der Waals surface area contributed by atoms with Crippen molar-refractivity contribution in [3.05, 3.63) is 11.6 Å². The van der Waals surface area contributed by atoms with E-state index in [1.165, 1.54) is 32.1 Å². The Labute approximate surface area is 145 Å². The van der Waals surface area contributed by atoms with Gasteiger partial charge in [-0.25, -0.2) is 0 Å². The lowest BCUT2D eigenvalue weighted by molar-refractivity contribution is -0.0966. The largest absolute Gasteiger partial charge is 0.389 e. The van der Waals surface area contributed by atoms with Crippen molar-refractivity contribution >= 4 is 0 Å². The van der Waals surface area contributed by atoms with Gasteiger partial charge in [0.05, 0.1) is 17.8 Å². The zero-order chi connectivity index (χ0) is 16.5. The van der Waals surface area contributed by atoms with Crippen LogP contribution in [0, 0.1) is 29.1 Å². The van der Waals surface area contributed by atoms with Gasteiger partial charge in [-0.05, 0) is 68.6 Å². The first kappa shape index (κ1) is 15.8. The fraction of sp³-hybridized carbons (Fsp3) is 0.905. The maximum atomic E-state index is 11.4. The molecule has 1 aliphatic heterocycles. The molecule has 0 amide bonds. The molecule has 3 saturated carbocycles. The quantitative estimate of drug-likeness (QED) is 0.633. The molecule has 4 aliphatic carbocycles. The first-order valence-electron chi connectivity index (χ1n) is 10.1. The highest BCUT2D eigenvalue weighted by molar-refractivity contribution is 5.27. The summed E-state index contributed by atoms with van der Waals surface area (Å²) in [7, 11) is 1.74. The molecule has 0 aromatic rings. The minimum Gasteiger partial charge on any atom is -0.389 e. The predicted molar refractivity (Wildman–Crippen MR) is 92.6 cm³/mol. The highest BCUT2D eigenvalue weighted by Crippen LogP contribution is 2.64. The molecule has 3 heteroatoms. The molecule has 1 N–H and O–H groups in total. The summed E-state index contributed by atoms with van der Waals surface area (Å²) in [4.78, 5) is 0. The smallest absolute Gasteiger partial charge is 0.0847 e. The van der Waals surface area contributed by atoms with Gasteiger partial charge in [0.15, 0.2) is 0 Å². The summed E-state index contributed by atoms with van der Waals surface area (Å²) in [5, 5.41) is 11.4. The van der Waals surface area contributed by atoms with Crippen molar-refractivity contribution in [1.82, 2.24) is 0 Å². The first-order valence-corrected chi connectivity index (χ1v) is 10.1. The standard InChI is InChI=1S/C21H32O3/c1-20-7-5-14-15(17(20)6-8-21(20,22)9-10-23-2)4-3-13-11-18-19(24-18)12-16(13)14/h5,13,15-19,22H,3-4,6-12H2,1-2H3/t13?,15-,16-,17+,18?,19?,20+,21+/m1/s1. The monoisotopic (exact) mass is 332 g/mol. The first-order chi connectivity index (χ1) is 11.6. The molecular weight excluding hydrogens is 300 g/mol. The number of aliphatic hydroxyl groups is 1. The van der Waals surface area contributed by atoms with E-state index >= 15 is 0 Å². The summed E-state index contributed by atoms with van der Waals surface area (Å²) in [5.74, 6) is 3.04. The summed E-state index contributed by atoms with van der Waals surface area (Å²) in [6, 6.07) is 0. The fourth-order valence-electron chi connectivity index (χ4n) is 7.14. The third-order valence-electron chi connectivity index (χ3n) is 8.70. The van der Waals surface area contributed by atoms with Gasteiger partial charge in [-0.2, -0.15) is 0 Å². The molecule has 5 rings (SSSR count). The summed E-state index contributed by atoms with van der Waals surface area (Å²) in [5.41, 5.74) is 1.27. The molecule has 8 atom stereocenters. The van der Waals surface area contributed by atoms with E-state index in [2.05, 4.69) is 13.0 Å². The number of fused-ring (bicyclic) bond motifs is 6. The molecule has 1 saturated heterocycles. The number of methoxy groups -OCH3 is 1. The summed E-state index contributed by atoms with van der Waals surface area (Å²) < 4.78 is 11.2. The third kappa shape index (κ3) is 2.07. The Hall–Kier alpha value is -0.380. The molecule has 134 valence electrons. The topological polar surface area (TPSA) is 42.0 Å². The Morgan fingerprint density at radius 2 is 2.04 bits per heavy atom. The lowest BCUT2D eigenvalue weighted by Gasteiger charge is -2.53. The maximum absolute atomic E-state index is 11.4. The summed E-state index contributed by atoms with van der Waals surface area (Å²) >= 11 is 0. The van der Waals surface area contributed by atoms with Crippen molar-refractivity contribution in [2.24, 2.45) is 29.1 Å². The highest BCUT2D eigenvalue weighted by Gasteiger charge is 2.61. The Morgan fingerprint density at radius 1 is 1.21 bits per heavy atom. The van der Waals surface area contributed by atoms with Crippen molar-refractivity contribution < 1.29 is 14.6 Å². The van der Waals surface area contributed by atoms with E-state index in [1.807, 2.05) is 0 Å².